The topological polar surface area (TPSA) is 63.8 Å². The van der Waals surface area contributed by atoms with Crippen molar-refractivity contribution in [1.29, 1.82) is 0 Å². The number of aliphatic hydroxyl groups excluding tert-OH is 1. The Morgan fingerprint density at radius 1 is 1.44 bits per heavy atom. The van der Waals surface area contributed by atoms with E-state index in [9.17, 15) is 4.39 Å². The number of nitrogens with zero attached hydrogens (tertiary/aromatic N) is 4. The molecule has 1 aromatic heterocycles. The predicted octanol–water partition coefficient (Wildman–Crippen LogP) is 1.75. The van der Waals surface area contributed by atoms with Gasteiger partial charge in [-0.15, -0.1) is 5.10 Å². The van der Waals surface area contributed by atoms with Crippen molar-refractivity contribution >= 4 is 23.4 Å². The number of rotatable bonds is 5. The van der Waals surface area contributed by atoms with E-state index in [1.54, 1.807) is 12.1 Å². The Hall–Kier alpha value is -1.18. The molecule has 0 amide bonds. The van der Waals surface area contributed by atoms with Gasteiger partial charge in [0.2, 0.25) is 5.16 Å². The molecule has 96 valence electrons. The summed E-state index contributed by atoms with van der Waals surface area (Å²) in [6, 6.07) is 4.85. The zero-order valence-corrected chi connectivity index (χ0v) is 10.8. The highest BCUT2D eigenvalue weighted by molar-refractivity contribution is 7.98. The van der Waals surface area contributed by atoms with E-state index in [0.717, 1.165) is 0 Å². The summed E-state index contributed by atoms with van der Waals surface area (Å²) in [5.74, 6) is -0.0501. The van der Waals surface area contributed by atoms with Crippen LogP contribution >= 0.6 is 23.4 Å². The van der Waals surface area contributed by atoms with Crippen LogP contribution in [0.5, 0.6) is 0 Å². The van der Waals surface area contributed by atoms with Crippen LogP contribution in [0, 0.1) is 5.82 Å². The minimum atomic E-state index is -0.423. The molecule has 0 bridgehead atoms. The summed E-state index contributed by atoms with van der Waals surface area (Å²) in [7, 11) is 0. The van der Waals surface area contributed by atoms with Gasteiger partial charge in [0, 0.05) is 5.75 Å². The van der Waals surface area contributed by atoms with E-state index in [1.807, 2.05) is 0 Å². The van der Waals surface area contributed by atoms with Crippen LogP contribution in [0.3, 0.4) is 0 Å². The molecule has 0 fully saturated rings. The van der Waals surface area contributed by atoms with Crippen molar-refractivity contribution in [3.8, 4) is 0 Å². The molecule has 0 radical (unpaired) electrons. The summed E-state index contributed by atoms with van der Waals surface area (Å²) in [5, 5.41) is 20.5. The number of thioether (sulfide) groups is 1. The molecule has 0 aliphatic carbocycles. The van der Waals surface area contributed by atoms with Gasteiger partial charge in [-0.1, -0.05) is 35.5 Å². The summed E-state index contributed by atoms with van der Waals surface area (Å²) in [6.45, 7) is 0.261. The number of aromatic nitrogens is 4. The lowest BCUT2D eigenvalue weighted by atomic mass is 10.2. The minimum Gasteiger partial charge on any atom is -0.394 e. The molecule has 0 aliphatic heterocycles. The first-order chi connectivity index (χ1) is 8.72. The summed E-state index contributed by atoms with van der Waals surface area (Å²) in [6.07, 6.45) is 0. The van der Waals surface area contributed by atoms with Crippen LogP contribution in [0.15, 0.2) is 23.4 Å². The van der Waals surface area contributed by atoms with Crippen molar-refractivity contribution in [3.63, 3.8) is 0 Å². The Morgan fingerprint density at radius 2 is 2.28 bits per heavy atom. The number of halogens is 2. The zero-order chi connectivity index (χ0) is 13.0. The standard InChI is InChI=1S/C10H10ClFN4OS/c11-8-3-1-2-7(9(8)12)6-18-10-13-14-15-16(10)4-5-17/h1-3,17H,4-6H2. The SMILES string of the molecule is OCCn1nnnc1SCc1cccc(Cl)c1F. The van der Waals surface area contributed by atoms with Gasteiger partial charge in [-0.2, -0.15) is 0 Å². The van der Waals surface area contributed by atoms with Crippen molar-refractivity contribution in [2.45, 2.75) is 17.5 Å². The highest BCUT2D eigenvalue weighted by Gasteiger charge is 2.10. The molecule has 2 aromatic rings. The lowest BCUT2D eigenvalue weighted by Gasteiger charge is -2.04. The molecule has 0 aliphatic rings. The monoisotopic (exact) mass is 288 g/mol. The lowest BCUT2D eigenvalue weighted by molar-refractivity contribution is 0.262. The molecule has 2 rings (SSSR count). The van der Waals surface area contributed by atoms with Gasteiger partial charge in [0.15, 0.2) is 0 Å². The van der Waals surface area contributed by atoms with Crippen LogP contribution in [0.25, 0.3) is 0 Å². The van der Waals surface area contributed by atoms with Crippen molar-refractivity contribution < 1.29 is 9.50 Å². The molecule has 0 spiro atoms. The van der Waals surface area contributed by atoms with Crippen LogP contribution in [0.2, 0.25) is 5.02 Å². The van der Waals surface area contributed by atoms with E-state index in [-0.39, 0.29) is 11.6 Å². The molecule has 0 saturated carbocycles. The highest BCUT2D eigenvalue weighted by Crippen LogP contribution is 2.25. The van der Waals surface area contributed by atoms with Gasteiger partial charge in [0.05, 0.1) is 18.2 Å². The number of tetrazole rings is 1. The summed E-state index contributed by atoms with van der Waals surface area (Å²) >= 11 is 6.98. The maximum Gasteiger partial charge on any atom is 0.209 e. The van der Waals surface area contributed by atoms with E-state index in [4.69, 9.17) is 16.7 Å². The number of benzene rings is 1. The van der Waals surface area contributed by atoms with Gasteiger partial charge in [-0.25, -0.2) is 9.07 Å². The average molecular weight is 289 g/mol. The van der Waals surface area contributed by atoms with Crippen LogP contribution in [-0.2, 0) is 12.3 Å². The maximum atomic E-state index is 13.6. The van der Waals surface area contributed by atoms with Crippen molar-refractivity contribution in [2.75, 3.05) is 6.61 Å². The van der Waals surface area contributed by atoms with E-state index < -0.39 is 5.82 Å². The molecule has 8 heteroatoms. The Kier molecular flexibility index (Phi) is 4.51. The number of aliphatic hydroxyl groups is 1. The normalized spacial score (nSPS) is 10.8. The first kappa shape index (κ1) is 13.3. The van der Waals surface area contributed by atoms with E-state index in [0.29, 0.717) is 23.0 Å². The molecule has 0 unspecified atom stereocenters. The van der Waals surface area contributed by atoms with Gasteiger partial charge < -0.3 is 5.11 Å². The molecule has 1 N–H and O–H groups in total. The van der Waals surface area contributed by atoms with Crippen molar-refractivity contribution in [2.24, 2.45) is 0 Å². The van der Waals surface area contributed by atoms with Gasteiger partial charge in [-0.3, -0.25) is 0 Å². The Balaban J connectivity index is 2.07. The Labute approximate surface area is 112 Å². The van der Waals surface area contributed by atoms with Crippen molar-refractivity contribution in [1.82, 2.24) is 20.2 Å². The summed E-state index contributed by atoms with van der Waals surface area (Å²) in [4.78, 5) is 0. The third-order valence-electron chi connectivity index (χ3n) is 2.20. The number of hydrogen-bond donors (Lipinski definition) is 1. The van der Waals surface area contributed by atoms with Crippen molar-refractivity contribution in [3.05, 3.63) is 34.6 Å². The molecular weight excluding hydrogens is 279 g/mol. The van der Waals surface area contributed by atoms with Crippen LogP contribution in [-0.4, -0.2) is 31.9 Å². The van der Waals surface area contributed by atoms with Gasteiger partial charge in [0.25, 0.3) is 0 Å². The largest absolute Gasteiger partial charge is 0.394 e. The lowest BCUT2D eigenvalue weighted by Crippen LogP contribution is -2.05. The summed E-state index contributed by atoms with van der Waals surface area (Å²) < 4.78 is 15.1. The zero-order valence-electron chi connectivity index (χ0n) is 9.25. The first-order valence-corrected chi connectivity index (χ1v) is 6.51. The third-order valence-corrected chi connectivity index (χ3v) is 3.50. The maximum absolute atomic E-state index is 13.6. The molecule has 1 aromatic carbocycles. The van der Waals surface area contributed by atoms with E-state index in [2.05, 4.69) is 15.5 Å². The molecule has 5 nitrogen and oxygen atoms in total. The van der Waals surface area contributed by atoms with Gasteiger partial charge in [0.1, 0.15) is 5.82 Å². The molecule has 1 heterocycles. The highest BCUT2D eigenvalue weighted by atomic mass is 35.5. The van der Waals surface area contributed by atoms with Crippen LogP contribution in [0.1, 0.15) is 5.56 Å². The molecular formula is C10H10ClFN4OS. The average Bonchev–Trinajstić information content (AvgIpc) is 2.79. The molecule has 0 saturated heterocycles. The predicted molar refractivity (Wildman–Crippen MR) is 65.9 cm³/mol. The Bertz CT molecular complexity index is 536. The smallest absolute Gasteiger partial charge is 0.209 e. The quantitative estimate of drug-likeness (QED) is 0.849. The van der Waals surface area contributed by atoms with Gasteiger partial charge >= 0.3 is 0 Å². The third kappa shape index (κ3) is 2.98. The number of hydrogen-bond acceptors (Lipinski definition) is 5. The Morgan fingerprint density at radius 3 is 3.06 bits per heavy atom. The van der Waals surface area contributed by atoms with Crippen LogP contribution in [0.4, 0.5) is 4.39 Å². The first-order valence-electron chi connectivity index (χ1n) is 5.15. The fourth-order valence-electron chi connectivity index (χ4n) is 1.34. The fraction of sp³-hybridized carbons (Fsp3) is 0.300. The molecule has 18 heavy (non-hydrogen) atoms. The second-order valence-corrected chi connectivity index (χ2v) is 4.76. The van der Waals surface area contributed by atoms with E-state index in [1.165, 1.54) is 22.5 Å². The summed E-state index contributed by atoms with van der Waals surface area (Å²) in [5.41, 5.74) is 0.492. The minimum absolute atomic E-state index is 0.0515. The second-order valence-electron chi connectivity index (χ2n) is 3.41. The van der Waals surface area contributed by atoms with Crippen LogP contribution < -0.4 is 0 Å². The second kappa shape index (κ2) is 6.12. The fourth-order valence-corrected chi connectivity index (χ4v) is 2.41. The molecule has 0 atom stereocenters. The van der Waals surface area contributed by atoms with Gasteiger partial charge in [-0.05, 0) is 22.1 Å². The van der Waals surface area contributed by atoms with E-state index >= 15 is 0 Å².